The summed E-state index contributed by atoms with van der Waals surface area (Å²) in [6.45, 7) is 6.41. The van der Waals surface area contributed by atoms with Crippen LogP contribution in [-0.2, 0) is 0 Å². The second-order valence-electron chi connectivity index (χ2n) is 5.73. The maximum atomic E-state index is 10.1. The summed E-state index contributed by atoms with van der Waals surface area (Å²) in [5.41, 5.74) is 2.45. The van der Waals surface area contributed by atoms with E-state index in [1.165, 1.54) is 11.1 Å². The maximum absolute atomic E-state index is 10.1. The van der Waals surface area contributed by atoms with E-state index in [1.807, 2.05) is 6.07 Å². The van der Waals surface area contributed by atoms with Gasteiger partial charge in [0, 0.05) is 5.41 Å². The highest BCUT2D eigenvalue weighted by molar-refractivity contribution is 5.49. The molecule has 1 N–H and O–H groups in total. The number of benzene rings is 1. The van der Waals surface area contributed by atoms with Gasteiger partial charge in [0.15, 0.2) is 11.5 Å². The highest BCUT2D eigenvalue weighted by Gasteiger charge is 2.50. The topological polar surface area (TPSA) is 38.7 Å². The first-order valence-electron chi connectivity index (χ1n) is 6.88. The molecule has 3 unspecified atom stereocenters. The molecular formula is C16H24O3. The average molecular weight is 264 g/mol. The van der Waals surface area contributed by atoms with Gasteiger partial charge in [0.25, 0.3) is 0 Å². The summed E-state index contributed by atoms with van der Waals surface area (Å²) in [5.74, 6) is 1.93. The number of aliphatic hydroxyl groups excluding tert-OH is 1. The Morgan fingerprint density at radius 3 is 2.32 bits per heavy atom. The molecule has 3 nitrogen and oxygen atoms in total. The fourth-order valence-corrected chi connectivity index (χ4v) is 3.17. The minimum atomic E-state index is -0.199. The van der Waals surface area contributed by atoms with Crippen molar-refractivity contribution in [3.8, 4) is 11.5 Å². The van der Waals surface area contributed by atoms with Gasteiger partial charge in [0.2, 0.25) is 0 Å². The SMILES string of the molecule is CCC1(C)C(O)CC1c1cc(OC)c(OC)cc1C. The van der Waals surface area contributed by atoms with E-state index in [0.717, 1.165) is 24.3 Å². The number of rotatable bonds is 4. The van der Waals surface area contributed by atoms with Gasteiger partial charge in [0.1, 0.15) is 0 Å². The molecule has 1 saturated carbocycles. The number of aliphatic hydroxyl groups is 1. The number of aryl methyl sites for hydroxylation is 1. The third-order valence-corrected chi connectivity index (χ3v) is 4.93. The molecular weight excluding hydrogens is 240 g/mol. The molecule has 19 heavy (non-hydrogen) atoms. The summed E-state index contributed by atoms with van der Waals surface area (Å²) in [5, 5.41) is 10.1. The molecule has 2 rings (SSSR count). The highest BCUT2D eigenvalue weighted by atomic mass is 16.5. The standard InChI is InChI=1S/C16H24O3/c1-6-16(3)12(9-15(16)17)11-8-14(19-5)13(18-4)7-10(11)2/h7-8,12,15,17H,6,9H2,1-5H3. The fraction of sp³-hybridized carbons (Fsp3) is 0.625. The number of ether oxygens (including phenoxy) is 2. The zero-order chi connectivity index (χ0) is 14.2. The normalized spacial score (nSPS) is 29.8. The van der Waals surface area contributed by atoms with Crippen LogP contribution in [0.15, 0.2) is 12.1 Å². The van der Waals surface area contributed by atoms with Crippen LogP contribution in [0.3, 0.4) is 0 Å². The molecule has 0 heterocycles. The Labute approximate surface area is 115 Å². The smallest absolute Gasteiger partial charge is 0.161 e. The molecule has 1 aromatic carbocycles. The highest BCUT2D eigenvalue weighted by Crippen LogP contribution is 2.56. The Morgan fingerprint density at radius 2 is 1.84 bits per heavy atom. The van der Waals surface area contributed by atoms with E-state index in [1.54, 1.807) is 14.2 Å². The summed E-state index contributed by atoms with van der Waals surface area (Å²) < 4.78 is 10.7. The van der Waals surface area contributed by atoms with Crippen molar-refractivity contribution in [2.24, 2.45) is 5.41 Å². The van der Waals surface area contributed by atoms with E-state index in [4.69, 9.17) is 9.47 Å². The van der Waals surface area contributed by atoms with Crippen LogP contribution < -0.4 is 9.47 Å². The van der Waals surface area contributed by atoms with Crippen molar-refractivity contribution < 1.29 is 14.6 Å². The molecule has 0 saturated heterocycles. The van der Waals surface area contributed by atoms with Crippen molar-refractivity contribution in [2.75, 3.05) is 14.2 Å². The Hall–Kier alpha value is -1.22. The van der Waals surface area contributed by atoms with Crippen LogP contribution >= 0.6 is 0 Å². The van der Waals surface area contributed by atoms with Crippen LogP contribution in [0.2, 0.25) is 0 Å². The number of hydrogen-bond acceptors (Lipinski definition) is 3. The fourth-order valence-electron chi connectivity index (χ4n) is 3.17. The van der Waals surface area contributed by atoms with Gasteiger partial charge in [-0.25, -0.2) is 0 Å². The van der Waals surface area contributed by atoms with Gasteiger partial charge in [-0.05, 0) is 48.9 Å². The van der Waals surface area contributed by atoms with Gasteiger partial charge in [-0.15, -0.1) is 0 Å². The number of hydrogen-bond donors (Lipinski definition) is 1. The second-order valence-corrected chi connectivity index (χ2v) is 5.73. The van der Waals surface area contributed by atoms with E-state index in [2.05, 4.69) is 26.8 Å². The summed E-state index contributed by atoms with van der Waals surface area (Å²) in [6, 6.07) is 4.09. The quantitative estimate of drug-likeness (QED) is 0.907. The van der Waals surface area contributed by atoms with Crippen LogP contribution in [-0.4, -0.2) is 25.4 Å². The molecule has 1 fully saturated rings. The van der Waals surface area contributed by atoms with E-state index in [9.17, 15) is 5.11 Å². The summed E-state index contributed by atoms with van der Waals surface area (Å²) in [6.07, 6.45) is 1.61. The zero-order valence-electron chi connectivity index (χ0n) is 12.5. The third-order valence-electron chi connectivity index (χ3n) is 4.93. The summed E-state index contributed by atoms with van der Waals surface area (Å²) >= 11 is 0. The maximum Gasteiger partial charge on any atom is 0.161 e. The molecule has 1 aliphatic rings. The molecule has 0 aromatic heterocycles. The minimum Gasteiger partial charge on any atom is -0.493 e. The Morgan fingerprint density at radius 1 is 1.26 bits per heavy atom. The summed E-state index contributed by atoms with van der Waals surface area (Å²) in [4.78, 5) is 0. The van der Waals surface area contributed by atoms with E-state index < -0.39 is 0 Å². The van der Waals surface area contributed by atoms with Crippen molar-refractivity contribution in [1.29, 1.82) is 0 Å². The van der Waals surface area contributed by atoms with Crippen LogP contribution in [0.1, 0.15) is 43.7 Å². The monoisotopic (exact) mass is 264 g/mol. The first kappa shape index (κ1) is 14.2. The molecule has 0 bridgehead atoms. The lowest BCUT2D eigenvalue weighted by Gasteiger charge is -2.52. The van der Waals surface area contributed by atoms with E-state index in [-0.39, 0.29) is 11.5 Å². The average Bonchev–Trinajstić information content (AvgIpc) is 2.43. The molecule has 0 radical (unpaired) electrons. The van der Waals surface area contributed by atoms with Crippen molar-refractivity contribution in [2.45, 2.75) is 45.6 Å². The van der Waals surface area contributed by atoms with Crippen LogP contribution in [0.25, 0.3) is 0 Å². The van der Waals surface area contributed by atoms with Gasteiger partial charge < -0.3 is 14.6 Å². The molecule has 0 aliphatic heterocycles. The molecule has 1 aliphatic carbocycles. The van der Waals surface area contributed by atoms with Gasteiger partial charge in [-0.3, -0.25) is 0 Å². The van der Waals surface area contributed by atoms with Crippen LogP contribution in [0.4, 0.5) is 0 Å². The van der Waals surface area contributed by atoms with Crippen molar-refractivity contribution >= 4 is 0 Å². The molecule has 0 spiro atoms. The first-order chi connectivity index (χ1) is 8.97. The van der Waals surface area contributed by atoms with Crippen molar-refractivity contribution in [1.82, 2.24) is 0 Å². The van der Waals surface area contributed by atoms with Crippen molar-refractivity contribution in [3.63, 3.8) is 0 Å². The van der Waals surface area contributed by atoms with Gasteiger partial charge in [-0.1, -0.05) is 13.8 Å². The van der Waals surface area contributed by atoms with Crippen LogP contribution in [0.5, 0.6) is 11.5 Å². The predicted octanol–water partition coefficient (Wildman–Crippen LogP) is 3.28. The Balaban J connectivity index is 2.41. The van der Waals surface area contributed by atoms with Gasteiger partial charge >= 0.3 is 0 Å². The zero-order valence-corrected chi connectivity index (χ0v) is 12.5. The van der Waals surface area contributed by atoms with E-state index in [0.29, 0.717) is 5.92 Å². The lowest BCUT2D eigenvalue weighted by Crippen LogP contribution is -2.49. The molecule has 106 valence electrons. The summed E-state index contributed by atoms with van der Waals surface area (Å²) in [7, 11) is 3.31. The minimum absolute atomic E-state index is 0.0235. The Kier molecular flexibility index (Phi) is 3.77. The lowest BCUT2D eigenvalue weighted by molar-refractivity contribution is -0.0779. The molecule has 3 atom stereocenters. The third kappa shape index (κ3) is 2.10. The predicted molar refractivity (Wildman–Crippen MR) is 76.0 cm³/mol. The first-order valence-corrected chi connectivity index (χ1v) is 6.88. The van der Waals surface area contributed by atoms with Gasteiger partial charge in [-0.2, -0.15) is 0 Å². The number of methoxy groups -OCH3 is 2. The van der Waals surface area contributed by atoms with Crippen molar-refractivity contribution in [3.05, 3.63) is 23.3 Å². The van der Waals surface area contributed by atoms with E-state index >= 15 is 0 Å². The Bertz CT molecular complexity index is 469. The molecule has 0 amide bonds. The largest absolute Gasteiger partial charge is 0.493 e. The molecule has 3 heteroatoms. The lowest BCUT2D eigenvalue weighted by atomic mass is 9.55. The second kappa shape index (κ2) is 5.04. The van der Waals surface area contributed by atoms with Crippen LogP contribution in [0, 0.1) is 12.3 Å². The molecule has 1 aromatic rings. The van der Waals surface area contributed by atoms with Gasteiger partial charge in [0.05, 0.1) is 20.3 Å².